The lowest BCUT2D eigenvalue weighted by Crippen LogP contribution is -2.47. The number of carbonyl (C=O) groups excluding carboxylic acids is 4. The van der Waals surface area contributed by atoms with Crippen LogP contribution in [0.15, 0.2) is 5.11 Å². The zero-order chi connectivity index (χ0) is 44.7. The van der Waals surface area contributed by atoms with Crippen LogP contribution < -0.4 is 16.0 Å². The Morgan fingerprint density at radius 2 is 0.806 bits per heavy atom. The molecule has 8 fully saturated rings. The summed E-state index contributed by atoms with van der Waals surface area (Å²) < 4.78 is 78.4. The van der Waals surface area contributed by atoms with Crippen LogP contribution in [0, 0.1) is 0 Å². The van der Waals surface area contributed by atoms with Gasteiger partial charge < -0.3 is 77.5 Å². The normalized spacial score (nSPS) is 42.4. The molecule has 0 saturated carbocycles. The summed E-state index contributed by atoms with van der Waals surface area (Å²) in [6, 6.07) is 0. The van der Waals surface area contributed by atoms with Crippen LogP contribution in [-0.4, -0.2) is 177 Å². The summed E-state index contributed by atoms with van der Waals surface area (Å²) in [7, 11) is 0. The molecule has 8 heterocycles. The zero-order valence-corrected chi connectivity index (χ0v) is 36.4. The first kappa shape index (κ1) is 45.3. The van der Waals surface area contributed by atoms with Crippen LogP contribution in [0.2, 0.25) is 0 Å². The van der Waals surface area contributed by atoms with Crippen LogP contribution in [0.4, 0.5) is 0 Å². The van der Waals surface area contributed by atoms with Gasteiger partial charge in [-0.1, -0.05) is 5.11 Å². The predicted octanol–water partition coefficient (Wildman–Crippen LogP) is -0.253. The molecular formula is C39H58N6O17. The number of nitrogens with one attached hydrogen (secondary N) is 3. The van der Waals surface area contributed by atoms with Gasteiger partial charge in [0.1, 0.15) is 67.1 Å². The van der Waals surface area contributed by atoms with E-state index in [1.165, 1.54) is 0 Å². The maximum absolute atomic E-state index is 13.9. The highest BCUT2D eigenvalue weighted by Crippen LogP contribution is 2.43. The van der Waals surface area contributed by atoms with Crippen molar-refractivity contribution < 1.29 is 80.8 Å². The largest absolute Gasteiger partial charge is 0.461 e. The monoisotopic (exact) mass is 882 g/mol. The van der Waals surface area contributed by atoms with Crippen LogP contribution >= 0.6 is 0 Å². The van der Waals surface area contributed by atoms with Crippen LogP contribution in [0.1, 0.15) is 69.2 Å². The van der Waals surface area contributed by atoms with Crippen LogP contribution in [0.5, 0.6) is 0 Å². The molecule has 0 aromatic heterocycles. The Labute approximate surface area is 357 Å². The molecule has 16 atom stereocenters. The SMILES string of the molecule is CC(C)OC(=O)[C@H]1O[C@H](CNC(=O)[C@H]2O[C@H](CNC(=O)[C@H]3O[C@H](CNC(=O)[C@H]4O[C@H](CN=[N+]=[N-])[C@@H]5OC(C)(C)O[C@@H]54)[C@@H]4OC(C)(C)O[C@@H]43)[C@@H]3OC(C)(C)O[C@@H]32)[C@@H]2OC(C)(C)O[C@@H]21. The number of amides is 3. The fourth-order valence-corrected chi connectivity index (χ4v) is 9.51. The van der Waals surface area contributed by atoms with E-state index < -0.39 is 145 Å². The molecule has 346 valence electrons. The number of azide groups is 1. The smallest absolute Gasteiger partial charge is 0.338 e. The van der Waals surface area contributed by atoms with Gasteiger partial charge in [0.25, 0.3) is 17.7 Å². The Balaban J connectivity index is 0.876. The van der Waals surface area contributed by atoms with Crippen molar-refractivity contribution in [3.8, 4) is 0 Å². The molecule has 3 N–H and O–H groups in total. The molecule has 0 spiro atoms. The molecule has 0 aromatic carbocycles. The third-order valence-corrected chi connectivity index (χ3v) is 11.7. The number of esters is 1. The number of rotatable bonds is 13. The predicted molar refractivity (Wildman–Crippen MR) is 204 cm³/mol. The van der Waals surface area contributed by atoms with Crippen molar-refractivity contribution >= 4 is 23.7 Å². The summed E-state index contributed by atoms with van der Waals surface area (Å²) in [6.07, 6.45) is -13.7. The van der Waals surface area contributed by atoms with Crippen molar-refractivity contribution in [2.75, 3.05) is 26.2 Å². The van der Waals surface area contributed by atoms with Gasteiger partial charge in [0.2, 0.25) is 0 Å². The third kappa shape index (κ3) is 9.02. The van der Waals surface area contributed by atoms with E-state index in [4.69, 9.17) is 67.1 Å². The highest BCUT2D eigenvalue weighted by atomic mass is 16.8. The average molecular weight is 883 g/mol. The average Bonchev–Trinajstić information content (AvgIpc) is 4.04. The van der Waals surface area contributed by atoms with Gasteiger partial charge in [0, 0.05) is 24.5 Å². The Morgan fingerprint density at radius 3 is 1.15 bits per heavy atom. The molecule has 8 aliphatic rings. The number of hydrogen-bond acceptors (Lipinski definition) is 18. The van der Waals surface area contributed by atoms with Crippen LogP contribution in [-0.2, 0) is 80.8 Å². The Bertz CT molecular complexity index is 1810. The molecule has 0 aromatic rings. The third-order valence-electron chi connectivity index (χ3n) is 11.7. The Kier molecular flexibility index (Phi) is 12.1. The second kappa shape index (κ2) is 16.6. The second-order valence-electron chi connectivity index (χ2n) is 18.8. The minimum absolute atomic E-state index is 0.0392. The van der Waals surface area contributed by atoms with E-state index in [1.54, 1.807) is 69.2 Å². The molecule has 8 rings (SSSR count). The van der Waals surface area contributed by atoms with Gasteiger partial charge in [-0.15, -0.1) is 0 Å². The Morgan fingerprint density at radius 1 is 0.516 bits per heavy atom. The molecule has 0 radical (unpaired) electrons. The second-order valence-corrected chi connectivity index (χ2v) is 18.8. The lowest BCUT2D eigenvalue weighted by Gasteiger charge is -2.26. The summed E-state index contributed by atoms with van der Waals surface area (Å²) >= 11 is 0. The van der Waals surface area contributed by atoms with Crippen molar-refractivity contribution in [1.82, 2.24) is 16.0 Å². The van der Waals surface area contributed by atoms with Gasteiger partial charge in [-0.2, -0.15) is 0 Å². The molecule has 23 heteroatoms. The van der Waals surface area contributed by atoms with E-state index in [0.29, 0.717) is 0 Å². The first-order valence-electron chi connectivity index (χ1n) is 21.1. The number of ether oxygens (including phenoxy) is 13. The quantitative estimate of drug-likeness (QED) is 0.0931. The molecule has 8 saturated heterocycles. The highest BCUT2D eigenvalue weighted by molar-refractivity contribution is 5.84. The number of carbonyl (C=O) groups is 4. The van der Waals surface area contributed by atoms with Crippen molar-refractivity contribution in [2.45, 2.75) is 196 Å². The summed E-state index contributed by atoms with van der Waals surface area (Å²) in [5.41, 5.74) is 8.85. The minimum atomic E-state index is -1.14. The van der Waals surface area contributed by atoms with Crippen LogP contribution in [0.3, 0.4) is 0 Å². The van der Waals surface area contributed by atoms with E-state index >= 15 is 0 Å². The maximum Gasteiger partial charge on any atom is 0.338 e. The topological polar surface area (TPSA) is 273 Å². The minimum Gasteiger partial charge on any atom is -0.461 e. The zero-order valence-electron chi connectivity index (χ0n) is 36.4. The summed E-state index contributed by atoms with van der Waals surface area (Å²) in [5.74, 6) is -6.24. The summed E-state index contributed by atoms with van der Waals surface area (Å²) in [4.78, 5) is 56.9. The van der Waals surface area contributed by atoms with Crippen LogP contribution in [0.25, 0.3) is 10.4 Å². The fraction of sp³-hybridized carbons (Fsp3) is 0.897. The molecule has 23 nitrogen and oxygen atoms in total. The molecule has 0 aliphatic carbocycles. The van der Waals surface area contributed by atoms with Crippen molar-refractivity contribution in [3.63, 3.8) is 0 Å². The number of hydrogen-bond donors (Lipinski definition) is 3. The van der Waals surface area contributed by atoms with E-state index in [1.807, 2.05) is 0 Å². The van der Waals surface area contributed by atoms with Crippen molar-refractivity contribution in [1.29, 1.82) is 0 Å². The van der Waals surface area contributed by atoms with E-state index in [0.717, 1.165) is 0 Å². The van der Waals surface area contributed by atoms with E-state index in [2.05, 4.69) is 26.0 Å². The molecule has 62 heavy (non-hydrogen) atoms. The van der Waals surface area contributed by atoms with Crippen molar-refractivity contribution in [2.24, 2.45) is 5.11 Å². The number of fused-ring (bicyclic) bond motifs is 4. The summed E-state index contributed by atoms with van der Waals surface area (Å²) in [6.45, 7) is 17.0. The van der Waals surface area contributed by atoms with Gasteiger partial charge in [0.15, 0.2) is 47.6 Å². The lowest BCUT2D eigenvalue weighted by molar-refractivity contribution is -0.197. The maximum atomic E-state index is 13.9. The fourth-order valence-electron chi connectivity index (χ4n) is 9.51. The highest BCUT2D eigenvalue weighted by Gasteiger charge is 2.62. The first-order chi connectivity index (χ1) is 29.0. The lowest BCUT2D eigenvalue weighted by atomic mass is 10.1. The van der Waals surface area contributed by atoms with E-state index in [-0.39, 0.29) is 32.3 Å². The van der Waals surface area contributed by atoms with Gasteiger partial charge in [-0.3, -0.25) is 14.4 Å². The van der Waals surface area contributed by atoms with Gasteiger partial charge in [0.05, 0.1) is 18.8 Å². The molecule has 8 aliphatic heterocycles. The van der Waals surface area contributed by atoms with E-state index in [9.17, 15) is 19.2 Å². The molecular weight excluding hydrogens is 824 g/mol. The molecule has 0 bridgehead atoms. The van der Waals surface area contributed by atoms with Gasteiger partial charge in [-0.05, 0) is 74.8 Å². The van der Waals surface area contributed by atoms with Gasteiger partial charge >= 0.3 is 5.97 Å². The van der Waals surface area contributed by atoms with Gasteiger partial charge in [-0.25, -0.2) is 4.79 Å². The van der Waals surface area contributed by atoms with Crippen molar-refractivity contribution in [3.05, 3.63) is 10.4 Å². The molecule has 3 amide bonds. The standard InChI is InChI=1S/C39H58N6O17/c1-15(2)50-35(49)31-27-22(57-39(9,10)62-27)18(54-31)13-43-33(47)29-25-20(55-37(5,6)60-25)16(52-29)11-41-32(46)28-24-21(56-36(3,4)59-24)17(51-28)12-42-34(48)30-26-23(58-38(7,8)61-26)19(53-30)14-44-45-40/h15-31H,11-14H2,1-10H3,(H,41,46)(H,42,48)(H,43,47)/t16-,17-,18-,19-,20+,21+,22+,23+,24+,25+,26+,27+,28+,29+,30+,31+/m1/s1. The summed E-state index contributed by atoms with van der Waals surface area (Å²) in [5, 5.41) is 12.2. The molecule has 0 unspecified atom stereocenters. The number of nitrogens with zero attached hydrogens (tertiary/aromatic N) is 3. The Hall–Kier alpha value is -3.29. The first-order valence-corrected chi connectivity index (χ1v) is 21.1.